The van der Waals surface area contributed by atoms with Gasteiger partial charge in [-0.05, 0) is 25.0 Å². The zero-order valence-electron chi connectivity index (χ0n) is 10.8. The summed E-state index contributed by atoms with van der Waals surface area (Å²) in [6.07, 6.45) is 4.33. The lowest BCUT2D eigenvalue weighted by Crippen LogP contribution is -2.32. The quantitative estimate of drug-likeness (QED) is 0.943. The highest BCUT2D eigenvalue weighted by atomic mass is 35.5. The van der Waals surface area contributed by atoms with Crippen LogP contribution in [0.15, 0.2) is 28.7 Å². The van der Waals surface area contributed by atoms with Gasteiger partial charge in [-0.15, -0.1) is 10.2 Å². The molecule has 0 spiro atoms. The molecule has 1 aromatic heterocycles. The average molecular weight is 292 g/mol. The molecule has 104 valence electrons. The van der Waals surface area contributed by atoms with E-state index in [9.17, 15) is 4.79 Å². The van der Waals surface area contributed by atoms with E-state index in [-0.39, 0.29) is 23.7 Å². The number of benzene rings is 1. The molecule has 0 aliphatic heterocycles. The summed E-state index contributed by atoms with van der Waals surface area (Å²) in [7, 11) is 0. The molecule has 20 heavy (non-hydrogen) atoms. The molecule has 1 aromatic carbocycles. The molecule has 2 aromatic rings. The Bertz CT molecular complexity index is 620. The lowest BCUT2D eigenvalue weighted by molar-refractivity contribution is 0.0903. The van der Waals surface area contributed by atoms with Gasteiger partial charge in [0, 0.05) is 6.04 Å². The molecule has 1 amide bonds. The van der Waals surface area contributed by atoms with Crippen LogP contribution in [0.5, 0.6) is 0 Å². The van der Waals surface area contributed by atoms with Gasteiger partial charge in [-0.2, -0.15) is 0 Å². The number of carbonyl (C=O) groups is 1. The summed E-state index contributed by atoms with van der Waals surface area (Å²) in [5.41, 5.74) is 0.626. The molecule has 0 unspecified atom stereocenters. The predicted molar refractivity (Wildman–Crippen MR) is 74.5 cm³/mol. The molecule has 6 heteroatoms. The maximum Gasteiger partial charge on any atom is 0.309 e. The normalized spacial score (nSPS) is 15.4. The van der Waals surface area contributed by atoms with Crippen LogP contribution in [0.1, 0.15) is 36.4 Å². The van der Waals surface area contributed by atoms with Gasteiger partial charge < -0.3 is 9.73 Å². The summed E-state index contributed by atoms with van der Waals surface area (Å²) >= 11 is 6.06. The van der Waals surface area contributed by atoms with Crippen LogP contribution in [0.25, 0.3) is 11.5 Å². The van der Waals surface area contributed by atoms with Gasteiger partial charge in [0.15, 0.2) is 0 Å². The Morgan fingerprint density at radius 3 is 2.75 bits per heavy atom. The average Bonchev–Trinajstić information content (AvgIpc) is 3.10. The van der Waals surface area contributed by atoms with Gasteiger partial charge in [0.25, 0.3) is 0 Å². The highest BCUT2D eigenvalue weighted by molar-refractivity contribution is 6.33. The van der Waals surface area contributed by atoms with E-state index in [1.807, 2.05) is 12.1 Å². The Morgan fingerprint density at radius 2 is 2.00 bits per heavy atom. The van der Waals surface area contributed by atoms with Crippen molar-refractivity contribution in [1.82, 2.24) is 15.5 Å². The molecular formula is C14H14ClN3O2. The number of aromatic nitrogens is 2. The van der Waals surface area contributed by atoms with Crippen LogP contribution >= 0.6 is 11.6 Å². The number of nitrogens with zero attached hydrogens (tertiary/aromatic N) is 2. The lowest BCUT2D eigenvalue weighted by Gasteiger charge is -2.08. The second kappa shape index (κ2) is 5.63. The molecule has 5 nitrogen and oxygen atoms in total. The van der Waals surface area contributed by atoms with Gasteiger partial charge in [-0.3, -0.25) is 4.79 Å². The second-order valence-corrected chi connectivity index (χ2v) is 5.25. The van der Waals surface area contributed by atoms with Gasteiger partial charge in [0.05, 0.1) is 10.6 Å². The summed E-state index contributed by atoms with van der Waals surface area (Å²) in [6, 6.07) is 7.37. The molecule has 0 saturated heterocycles. The Balaban J connectivity index is 1.76. The Labute approximate surface area is 121 Å². The first-order valence-electron chi connectivity index (χ1n) is 6.63. The monoisotopic (exact) mass is 291 g/mol. The van der Waals surface area contributed by atoms with E-state index in [4.69, 9.17) is 16.0 Å². The molecule has 1 fully saturated rings. The van der Waals surface area contributed by atoms with Crippen molar-refractivity contribution in [3.05, 3.63) is 35.2 Å². The fourth-order valence-electron chi connectivity index (χ4n) is 2.38. The van der Waals surface area contributed by atoms with Crippen molar-refractivity contribution in [2.75, 3.05) is 0 Å². The standard InChI is InChI=1S/C14H14ClN3O2/c15-11-8-4-3-7-10(11)13-17-18-14(20-13)12(19)16-9-5-1-2-6-9/h3-4,7-9H,1-2,5-6H2,(H,16,19). The molecule has 1 aliphatic rings. The molecule has 1 N–H and O–H groups in total. The predicted octanol–water partition coefficient (Wildman–Crippen LogP) is 3.06. The number of hydrogen-bond acceptors (Lipinski definition) is 4. The van der Waals surface area contributed by atoms with Crippen molar-refractivity contribution in [2.45, 2.75) is 31.7 Å². The summed E-state index contributed by atoms with van der Waals surface area (Å²) in [6.45, 7) is 0. The third-order valence-electron chi connectivity index (χ3n) is 3.41. The van der Waals surface area contributed by atoms with Gasteiger partial charge in [0.1, 0.15) is 0 Å². The van der Waals surface area contributed by atoms with E-state index in [0.717, 1.165) is 25.7 Å². The van der Waals surface area contributed by atoms with Crippen molar-refractivity contribution < 1.29 is 9.21 Å². The molecule has 1 saturated carbocycles. The minimum atomic E-state index is -0.317. The number of amides is 1. The topological polar surface area (TPSA) is 68.0 Å². The first-order valence-corrected chi connectivity index (χ1v) is 7.01. The van der Waals surface area contributed by atoms with Crippen molar-refractivity contribution in [2.24, 2.45) is 0 Å². The van der Waals surface area contributed by atoms with E-state index < -0.39 is 0 Å². The van der Waals surface area contributed by atoms with Crippen molar-refractivity contribution in [3.8, 4) is 11.5 Å². The number of halogens is 1. The third-order valence-corrected chi connectivity index (χ3v) is 3.74. The van der Waals surface area contributed by atoms with Crippen molar-refractivity contribution in [1.29, 1.82) is 0 Å². The van der Waals surface area contributed by atoms with E-state index in [1.54, 1.807) is 12.1 Å². The molecule has 3 rings (SSSR count). The number of nitrogens with one attached hydrogen (secondary N) is 1. The first kappa shape index (κ1) is 13.1. The van der Waals surface area contributed by atoms with Crippen molar-refractivity contribution in [3.63, 3.8) is 0 Å². The van der Waals surface area contributed by atoms with Crippen LogP contribution < -0.4 is 5.32 Å². The van der Waals surface area contributed by atoms with Gasteiger partial charge >= 0.3 is 11.8 Å². The molecule has 0 radical (unpaired) electrons. The van der Waals surface area contributed by atoms with Gasteiger partial charge in [-0.1, -0.05) is 36.6 Å². The maximum atomic E-state index is 12.0. The Kier molecular flexibility index (Phi) is 3.69. The molecule has 1 heterocycles. The summed E-state index contributed by atoms with van der Waals surface area (Å²) in [5, 5.41) is 11.1. The van der Waals surface area contributed by atoms with Crippen LogP contribution in [0.3, 0.4) is 0 Å². The van der Waals surface area contributed by atoms with Gasteiger partial charge in [0.2, 0.25) is 5.89 Å². The second-order valence-electron chi connectivity index (χ2n) is 4.85. The fourth-order valence-corrected chi connectivity index (χ4v) is 2.59. The molecule has 0 bridgehead atoms. The zero-order chi connectivity index (χ0) is 13.9. The van der Waals surface area contributed by atoms with Gasteiger partial charge in [-0.25, -0.2) is 0 Å². The number of carbonyl (C=O) groups excluding carboxylic acids is 1. The van der Waals surface area contributed by atoms with Crippen LogP contribution in [0.2, 0.25) is 5.02 Å². The first-order chi connectivity index (χ1) is 9.74. The minimum absolute atomic E-state index is 0.0215. The summed E-state index contributed by atoms with van der Waals surface area (Å²) in [5.74, 6) is -0.0818. The maximum absolute atomic E-state index is 12.0. The smallest absolute Gasteiger partial charge is 0.309 e. The number of hydrogen-bond donors (Lipinski definition) is 1. The zero-order valence-corrected chi connectivity index (χ0v) is 11.6. The minimum Gasteiger partial charge on any atom is -0.412 e. The van der Waals surface area contributed by atoms with Crippen LogP contribution in [0, 0.1) is 0 Å². The molecular weight excluding hydrogens is 278 g/mol. The van der Waals surface area contributed by atoms with E-state index >= 15 is 0 Å². The highest BCUT2D eigenvalue weighted by Crippen LogP contribution is 2.26. The summed E-state index contributed by atoms with van der Waals surface area (Å²) < 4.78 is 5.40. The van der Waals surface area contributed by atoms with E-state index in [0.29, 0.717) is 10.6 Å². The van der Waals surface area contributed by atoms with Crippen LogP contribution in [-0.4, -0.2) is 22.1 Å². The molecule has 1 aliphatic carbocycles. The largest absolute Gasteiger partial charge is 0.412 e. The lowest BCUT2D eigenvalue weighted by atomic mass is 10.2. The number of rotatable bonds is 3. The van der Waals surface area contributed by atoms with E-state index in [1.165, 1.54) is 0 Å². The van der Waals surface area contributed by atoms with E-state index in [2.05, 4.69) is 15.5 Å². The fraction of sp³-hybridized carbons (Fsp3) is 0.357. The van der Waals surface area contributed by atoms with Crippen molar-refractivity contribution >= 4 is 17.5 Å². The highest BCUT2D eigenvalue weighted by Gasteiger charge is 2.22. The van der Waals surface area contributed by atoms with Crippen LogP contribution in [0.4, 0.5) is 0 Å². The van der Waals surface area contributed by atoms with Crippen LogP contribution in [-0.2, 0) is 0 Å². The molecule has 0 atom stereocenters. The Hall–Kier alpha value is -1.88. The Morgan fingerprint density at radius 1 is 1.25 bits per heavy atom. The third kappa shape index (κ3) is 2.67. The summed E-state index contributed by atoms with van der Waals surface area (Å²) in [4.78, 5) is 12.0. The SMILES string of the molecule is O=C(NC1CCCC1)c1nnc(-c2ccccc2Cl)o1.